The Morgan fingerprint density at radius 3 is 2.83 bits per heavy atom. The van der Waals surface area contributed by atoms with Crippen molar-refractivity contribution in [1.82, 2.24) is 4.98 Å². The number of anilines is 1. The highest BCUT2D eigenvalue weighted by atomic mass is 35.5. The first-order valence-corrected chi connectivity index (χ1v) is 5.79. The number of phenolic OH excluding ortho intramolecular Hbond substituents is 1. The molecule has 0 aliphatic rings. The maximum absolute atomic E-state index is 9.90. The highest BCUT2D eigenvalue weighted by Crippen LogP contribution is 2.29. The van der Waals surface area contributed by atoms with Gasteiger partial charge in [0.15, 0.2) is 11.5 Å². The van der Waals surface area contributed by atoms with Crippen molar-refractivity contribution in [2.24, 2.45) is 0 Å². The minimum atomic E-state index is 0.140. The molecule has 0 amide bonds. The first-order chi connectivity index (χ1) is 8.70. The number of aromatic hydroxyl groups is 1. The summed E-state index contributed by atoms with van der Waals surface area (Å²) in [6.45, 7) is 0.456. The van der Waals surface area contributed by atoms with Gasteiger partial charge in [0.1, 0.15) is 5.82 Å². The molecule has 4 nitrogen and oxygen atoms in total. The molecule has 0 atom stereocenters. The van der Waals surface area contributed by atoms with E-state index >= 15 is 0 Å². The summed E-state index contributed by atoms with van der Waals surface area (Å²) in [7, 11) is 1.52. The molecule has 94 valence electrons. The fourth-order valence-corrected chi connectivity index (χ4v) is 1.65. The van der Waals surface area contributed by atoms with E-state index in [9.17, 15) is 5.11 Å². The van der Waals surface area contributed by atoms with Crippen molar-refractivity contribution in [2.45, 2.75) is 6.54 Å². The number of nitrogens with zero attached hydrogens (tertiary/aromatic N) is 1. The molecule has 1 heterocycles. The maximum Gasteiger partial charge on any atom is 0.162 e. The van der Waals surface area contributed by atoms with Crippen molar-refractivity contribution in [3.05, 3.63) is 47.1 Å². The highest BCUT2D eigenvalue weighted by molar-refractivity contribution is 6.30. The van der Waals surface area contributed by atoms with Crippen LogP contribution >= 0.6 is 11.6 Å². The van der Waals surface area contributed by atoms with Gasteiger partial charge in [-0.1, -0.05) is 23.7 Å². The second-order valence-electron chi connectivity index (χ2n) is 3.68. The molecule has 0 bridgehead atoms. The van der Waals surface area contributed by atoms with Crippen LogP contribution < -0.4 is 10.1 Å². The standard InChI is InChI=1S/C13H13ClN2O2/c1-18-11-4-2-3-9(13(11)17)7-15-12-6-5-10(14)8-16-12/h2-6,8,17H,7H2,1H3,(H,15,16). The first kappa shape index (κ1) is 12.5. The monoisotopic (exact) mass is 264 g/mol. The van der Waals surface area contributed by atoms with Crippen molar-refractivity contribution >= 4 is 17.4 Å². The lowest BCUT2D eigenvalue weighted by Gasteiger charge is -2.10. The molecule has 2 aromatic rings. The van der Waals surface area contributed by atoms with E-state index in [-0.39, 0.29) is 5.75 Å². The van der Waals surface area contributed by atoms with Crippen molar-refractivity contribution in [1.29, 1.82) is 0 Å². The number of aromatic nitrogens is 1. The Morgan fingerprint density at radius 1 is 1.33 bits per heavy atom. The summed E-state index contributed by atoms with van der Waals surface area (Å²) >= 11 is 5.75. The average molecular weight is 265 g/mol. The van der Waals surface area contributed by atoms with E-state index in [0.717, 1.165) is 5.56 Å². The van der Waals surface area contributed by atoms with Crippen molar-refractivity contribution in [3.8, 4) is 11.5 Å². The summed E-state index contributed by atoms with van der Waals surface area (Å²) in [4.78, 5) is 4.11. The fraction of sp³-hybridized carbons (Fsp3) is 0.154. The van der Waals surface area contributed by atoms with Gasteiger partial charge in [-0.05, 0) is 18.2 Å². The number of pyridine rings is 1. The Hall–Kier alpha value is -1.94. The molecule has 2 rings (SSSR count). The lowest BCUT2D eigenvalue weighted by Crippen LogP contribution is -2.01. The number of rotatable bonds is 4. The minimum absolute atomic E-state index is 0.140. The van der Waals surface area contributed by atoms with Crippen LogP contribution in [0.4, 0.5) is 5.82 Å². The van der Waals surface area contributed by atoms with Crippen LogP contribution in [0.3, 0.4) is 0 Å². The second kappa shape index (κ2) is 5.60. The van der Waals surface area contributed by atoms with Crippen molar-refractivity contribution < 1.29 is 9.84 Å². The number of benzene rings is 1. The Balaban J connectivity index is 2.08. The van der Waals surface area contributed by atoms with E-state index in [2.05, 4.69) is 10.3 Å². The van der Waals surface area contributed by atoms with E-state index in [1.54, 1.807) is 24.4 Å². The highest BCUT2D eigenvalue weighted by Gasteiger charge is 2.06. The third kappa shape index (κ3) is 2.84. The normalized spacial score (nSPS) is 10.1. The van der Waals surface area contributed by atoms with E-state index in [4.69, 9.17) is 16.3 Å². The van der Waals surface area contributed by atoms with Gasteiger partial charge in [-0.25, -0.2) is 4.98 Å². The van der Waals surface area contributed by atoms with Gasteiger partial charge in [0.2, 0.25) is 0 Å². The van der Waals surface area contributed by atoms with Crippen LogP contribution in [0.2, 0.25) is 5.02 Å². The molecule has 2 N–H and O–H groups in total. The second-order valence-corrected chi connectivity index (χ2v) is 4.12. The molecule has 0 saturated heterocycles. The minimum Gasteiger partial charge on any atom is -0.504 e. The summed E-state index contributed by atoms with van der Waals surface area (Å²) in [5.41, 5.74) is 0.742. The largest absolute Gasteiger partial charge is 0.504 e. The SMILES string of the molecule is COc1cccc(CNc2ccc(Cl)cn2)c1O. The molecule has 18 heavy (non-hydrogen) atoms. The fourth-order valence-electron chi connectivity index (χ4n) is 1.54. The molecule has 0 radical (unpaired) electrons. The number of para-hydroxylation sites is 1. The lowest BCUT2D eigenvalue weighted by molar-refractivity contribution is 0.371. The number of phenols is 1. The van der Waals surface area contributed by atoms with Crippen LogP contribution in [0.1, 0.15) is 5.56 Å². The summed E-state index contributed by atoms with van der Waals surface area (Å²) < 4.78 is 5.04. The topological polar surface area (TPSA) is 54.4 Å². The van der Waals surface area contributed by atoms with Crippen LogP contribution in [-0.2, 0) is 6.54 Å². The molecule has 5 heteroatoms. The van der Waals surface area contributed by atoms with E-state index < -0.39 is 0 Å². The molecule has 0 saturated carbocycles. The van der Waals surface area contributed by atoms with Gasteiger partial charge in [-0.15, -0.1) is 0 Å². The average Bonchev–Trinajstić information content (AvgIpc) is 2.39. The van der Waals surface area contributed by atoms with Crippen LogP contribution in [0.15, 0.2) is 36.5 Å². The number of ether oxygens (including phenoxy) is 1. The molecule has 0 unspecified atom stereocenters. The van der Waals surface area contributed by atoms with Crippen LogP contribution in [0.25, 0.3) is 0 Å². The third-order valence-corrected chi connectivity index (χ3v) is 2.71. The van der Waals surface area contributed by atoms with E-state index in [1.165, 1.54) is 7.11 Å². The summed E-state index contributed by atoms with van der Waals surface area (Å²) in [5, 5.41) is 13.6. The lowest BCUT2D eigenvalue weighted by atomic mass is 10.2. The molecule has 0 fully saturated rings. The number of nitrogens with one attached hydrogen (secondary N) is 1. The molecule has 0 aliphatic heterocycles. The van der Waals surface area contributed by atoms with Gasteiger partial charge in [0.25, 0.3) is 0 Å². The number of halogens is 1. The summed E-state index contributed by atoms with van der Waals surface area (Å²) in [6.07, 6.45) is 1.56. The predicted octanol–water partition coefficient (Wildman–Crippen LogP) is 3.06. The Bertz CT molecular complexity index is 529. The zero-order chi connectivity index (χ0) is 13.0. The van der Waals surface area contributed by atoms with Crippen LogP contribution in [0, 0.1) is 0 Å². The maximum atomic E-state index is 9.90. The van der Waals surface area contributed by atoms with Crippen LogP contribution in [-0.4, -0.2) is 17.2 Å². The Kier molecular flexibility index (Phi) is 3.89. The van der Waals surface area contributed by atoms with E-state index in [1.807, 2.05) is 12.1 Å². The van der Waals surface area contributed by atoms with Gasteiger partial charge in [-0.3, -0.25) is 0 Å². The smallest absolute Gasteiger partial charge is 0.162 e. The van der Waals surface area contributed by atoms with Gasteiger partial charge < -0.3 is 15.2 Å². The van der Waals surface area contributed by atoms with Gasteiger partial charge >= 0.3 is 0 Å². The number of hydrogen-bond donors (Lipinski definition) is 2. The summed E-state index contributed by atoms with van der Waals surface area (Å²) in [6, 6.07) is 8.88. The molecular formula is C13H13ClN2O2. The number of methoxy groups -OCH3 is 1. The van der Waals surface area contributed by atoms with Gasteiger partial charge in [0, 0.05) is 18.3 Å². The zero-order valence-electron chi connectivity index (χ0n) is 9.85. The molecule has 1 aromatic carbocycles. The van der Waals surface area contributed by atoms with Crippen molar-refractivity contribution in [2.75, 3.05) is 12.4 Å². The Morgan fingerprint density at radius 2 is 2.17 bits per heavy atom. The molecule has 0 spiro atoms. The first-order valence-electron chi connectivity index (χ1n) is 5.41. The quantitative estimate of drug-likeness (QED) is 0.891. The van der Waals surface area contributed by atoms with E-state index in [0.29, 0.717) is 23.1 Å². The van der Waals surface area contributed by atoms with Gasteiger partial charge in [-0.2, -0.15) is 0 Å². The zero-order valence-corrected chi connectivity index (χ0v) is 10.6. The molecule has 1 aromatic heterocycles. The van der Waals surface area contributed by atoms with Gasteiger partial charge in [0.05, 0.1) is 12.1 Å². The van der Waals surface area contributed by atoms with Crippen LogP contribution in [0.5, 0.6) is 11.5 Å². The Labute approximate surface area is 110 Å². The molecule has 0 aliphatic carbocycles. The summed E-state index contributed by atoms with van der Waals surface area (Å²) in [5.74, 6) is 1.29. The van der Waals surface area contributed by atoms with Crippen molar-refractivity contribution in [3.63, 3.8) is 0 Å². The number of hydrogen-bond acceptors (Lipinski definition) is 4. The molecular weight excluding hydrogens is 252 g/mol. The predicted molar refractivity (Wildman–Crippen MR) is 71.2 cm³/mol. The third-order valence-electron chi connectivity index (χ3n) is 2.49.